The number of primary amides is 1. The summed E-state index contributed by atoms with van der Waals surface area (Å²) < 4.78 is 1.62. The van der Waals surface area contributed by atoms with Gasteiger partial charge in [-0.15, -0.1) is 0 Å². The molecule has 2 amide bonds. The van der Waals surface area contributed by atoms with Crippen LogP contribution in [0.2, 0.25) is 5.02 Å². The number of benzene rings is 1. The number of amides is 2. The first-order chi connectivity index (χ1) is 15.4. The molecule has 2 fully saturated rings. The quantitative estimate of drug-likeness (QED) is 0.536. The summed E-state index contributed by atoms with van der Waals surface area (Å²) in [6.45, 7) is 2.28. The van der Waals surface area contributed by atoms with Gasteiger partial charge in [-0.25, -0.2) is 0 Å². The first-order valence-corrected chi connectivity index (χ1v) is 11.2. The van der Waals surface area contributed by atoms with Crippen LogP contribution in [0.15, 0.2) is 30.5 Å². The van der Waals surface area contributed by atoms with Crippen molar-refractivity contribution in [3.05, 3.63) is 41.0 Å². The molecule has 0 saturated heterocycles. The molecule has 1 aromatic heterocycles. The first kappa shape index (κ1) is 23.6. The van der Waals surface area contributed by atoms with Gasteiger partial charge in [0, 0.05) is 12.2 Å². The molecule has 1 aromatic carbocycles. The van der Waals surface area contributed by atoms with Crippen LogP contribution in [0.4, 0.5) is 11.5 Å². The number of anilines is 2. The molecule has 4 N–H and O–H groups in total. The molecular formula is C23H29ClN6O2. The number of rotatable bonds is 7. The lowest BCUT2D eigenvalue weighted by atomic mass is 9.77. The SMILES string of the molecule is CC1CC1.N#CCC1(n2cc(C(N)=O)c(NC=O)n2)CCC(Nc2ccccc2Cl)CC1. The normalized spacial score (nSPS) is 22.1. The number of hydrogen-bond acceptors (Lipinski definition) is 5. The van der Waals surface area contributed by atoms with Gasteiger partial charge >= 0.3 is 0 Å². The van der Waals surface area contributed by atoms with E-state index in [2.05, 4.69) is 28.7 Å². The molecule has 0 spiro atoms. The lowest BCUT2D eigenvalue weighted by Gasteiger charge is -2.39. The van der Waals surface area contributed by atoms with Crippen LogP contribution in [0.5, 0.6) is 0 Å². The van der Waals surface area contributed by atoms with Gasteiger partial charge in [0.15, 0.2) is 5.82 Å². The predicted octanol–water partition coefficient (Wildman–Crippen LogP) is 4.28. The van der Waals surface area contributed by atoms with E-state index in [1.54, 1.807) is 4.68 Å². The van der Waals surface area contributed by atoms with E-state index in [0.717, 1.165) is 24.4 Å². The van der Waals surface area contributed by atoms with Gasteiger partial charge in [-0.1, -0.05) is 43.5 Å². The highest BCUT2D eigenvalue weighted by Gasteiger charge is 2.39. The molecule has 4 rings (SSSR count). The van der Waals surface area contributed by atoms with Gasteiger partial charge < -0.3 is 16.4 Å². The van der Waals surface area contributed by atoms with E-state index < -0.39 is 11.4 Å². The summed E-state index contributed by atoms with van der Waals surface area (Å²) in [7, 11) is 0. The lowest BCUT2D eigenvalue weighted by molar-refractivity contribution is -0.105. The number of nitrogens with one attached hydrogen (secondary N) is 2. The van der Waals surface area contributed by atoms with Crippen LogP contribution < -0.4 is 16.4 Å². The number of para-hydroxylation sites is 1. The van der Waals surface area contributed by atoms with E-state index >= 15 is 0 Å². The van der Waals surface area contributed by atoms with E-state index in [1.807, 2.05) is 24.3 Å². The molecule has 0 atom stereocenters. The Morgan fingerprint density at radius 1 is 1.34 bits per heavy atom. The minimum Gasteiger partial charge on any atom is -0.381 e. The van der Waals surface area contributed by atoms with Crippen molar-refractivity contribution in [3.63, 3.8) is 0 Å². The molecule has 0 bridgehead atoms. The summed E-state index contributed by atoms with van der Waals surface area (Å²) in [6, 6.07) is 10.0. The molecule has 2 aromatic rings. The Balaban J connectivity index is 0.000000650. The topological polar surface area (TPSA) is 126 Å². The third kappa shape index (κ3) is 5.80. The molecule has 8 nitrogen and oxygen atoms in total. The Morgan fingerprint density at radius 2 is 2.00 bits per heavy atom. The molecule has 170 valence electrons. The van der Waals surface area contributed by atoms with Gasteiger partial charge in [0.05, 0.1) is 28.7 Å². The number of aromatic nitrogens is 2. The van der Waals surface area contributed by atoms with Crippen molar-refractivity contribution in [2.24, 2.45) is 11.7 Å². The number of nitriles is 1. The van der Waals surface area contributed by atoms with E-state index in [0.29, 0.717) is 24.3 Å². The summed E-state index contributed by atoms with van der Waals surface area (Å²) in [4.78, 5) is 22.5. The maximum Gasteiger partial charge on any atom is 0.254 e. The highest BCUT2D eigenvalue weighted by molar-refractivity contribution is 6.33. The summed E-state index contributed by atoms with van der Waals surface area (Å²) in [5.41, 5.74) is 5.85. The van der Waals surface area contributed by atoms with Gasteiger partial charge in [0.1, 0.15) is 5.56 Å². The summed E-state index contributed by atoms with van der Waals surface area (Å²) in [6.07, 6.45) is 8.15. The molecule has 1 heterocycles. The molecule has 9 heteroatoms. The highest BCUT2D eigenvalue weighted by atomic mass is 35.5. The molecule has 0 aliphatic heterocycles. The molecule has 2 saturated carbocycles. The number of halogens is 1. The molecule has 2 aliphatic carbocycles. The van der Waals surface area contributed by atoms with Gasteiger partial charge in [-0.2, -0.15) is 10.4 Å². The smallest absolute Gasteiger partial charge is 0.254 e. The molecular weight excluding hydrogens is 428 g/mol. The van der Waals surface area contributed by atoms with Crippen molar-refractivity contribution in [1.29, 1.82) is 5.26 Å². The van der Waals surface area contributed by atoms with E-state index in [1.165, 1.54) is 19.0 Å². The van der Waals surface area contributed by atoms with Crippen LogP contribution in [0.3, 0.4) is 0 Å². The number of hydrogen-bond donors (Lipinski definition) is 3. The minimum absolute atomic E-state index is 0.108. The van der Waals surface area contributed by atoms with Gasteiger partial charge in [0.2, 0.25) is 6.41 Å². The Morgan fingerprint density at radius 3 is 2.53 bits per heavy atom. The van der Waals surface area contributed by atoms with E-state index in [9.17, 15) is 14.9 Å². The summed E-state index contributed by atoms with van der Waals surface area (Å²) in [5.74, 6) is 0.507. The minimum atomic E-state index is -0.684. The molecule has 2 aliphatic rings. The van der Waals surface area contributed by atoms with Gasteiger partial charge in [-0.05, 0) is 43.7 Å². The largest absolute Gasteiger partial charge is 0.381 e. The molecule has 32 heavy (non-hydrogen) atoms. The lowest BCUT2D eigenvalue weighted by Crippen LogP contribution is -2.41. The number of carbonyl (C=O) groups is 2. The zero-order valence-corrected chi connectivity index (χ0v) is 18.9. The van der Waals surface area contributed by atoms with Crippen molar-refractivity contribution in [3.8, 4) is 6.07 Å². The Bertz CT molecular complexity index is 987. The van der Waals surface area contributed by atoms with Gasteiger partial charge in [-0.3, -0.25) is 14.3 Å². The van der Waals surface area contributed by atoms with E-state index in [-0.39, 0.29) is 23.8 Å². The van der Waals surface area contributed by atoms with Crippen LogP contribution in [0.25, 0.3) is 0 Å². The van der Waals surface area contributed by atoms with Crippen molar-refractivity contribution in [2.75, 3.05) is 10.6 Å². The van der Waals surface area contributed by atoms with Crippen molar-refractivity contribution >= 4 is 35.4 Å². The van der Waals surface area contributed by atoms with Crippen LogP contribution in [0.1, 0.15) is 62.2 Å². The fraction of sp³-hybridized carbons (Fsp3) is 0.478. The second-order valence-electron chi connectivity index (χ2n) is 8.60. The fourth-order valence-corrected chi connectivity index (χ4v) is 4.05. The van der Waals surface area contributed by atoms with Crippen LogP contribution in [-0.4, -0.2) is 28.1 Å². The van der Waals surface area contributed by atoms with Crippen LogP contribution >= 0.6 is 11.6 Å². The Labute approximate surface area is 193 Å². The fourth-order valence-electron chi connectivity index (χ4n) is 3.86. The third-order valence-electron chi connectivity index (χ3n) is 6.09. The zero-order chi connectivity index (χ0) is 23.1. The molecule has 0 radical (unpaired) electrons. The third-order valence-corrected chi connectivity index (χ3v) is 6.41. The van der Waals surface area contributed by atoms with Crippen LogP contribution in [-0.2, 0) is 10.3 Å². The average Bonchev–Trinajstić information content (AvgIpc) is 3.43. The second kappa shape index (κ2) is 10.5. The Kier molecular flexibility index (Phi) is 7.75. The monoisotopic (exact) mass is 456 g/mol. The van der Waals surface area contributed by atoms with Crippen molar-refractivity contribution in [1.82, 2.24) is 9.78 Å². The standard InChI is InChI=1S/C19H21ClN6O2.C4H8/c20-15-3-1-2-4-16(15)24-13-5-7-19(8-6-13,9-10-21)26-11-14(17(22)28)18(25-26)23-12-27;1-4-2-3-4/h1-4,11-13,24H,5-9H2,(H2,22,28)(H,23,25,27);4H,2-3H2,1H3. The summed E-state index contributed by atoms with van der Waals surface area (Å²) in [5, 5.41) is 20.2. The summed E-state index contributed by atoms with van der Waals surface area (Å²) >= 11 is 6.23. The maximum atomic E-state index is 11.7. The second-order valence-corrected chi connectivity index (χ2v) is 9.01. The maximum absolute atomic E-state index is 11.7. The molecule has 0 unspecified atom stereocenters. The zero-order valence-electron chi connectivity index (χ0n) is 18.2. The number of nitrogens with two attached hydrogens (primary N) is 1. The van der Waals surface area contributed by atoms with Crippen molar-refractivity contribution in [2.45, 2.75) is 63.5 Å². The average molecular weight is 457 g/mol. The van der Waals surface area contributed by atoms with E-state index in [4.69, 9.17) is 17.3 Å². The van der Waals surface area contributed by atoms with Crippen molar-refractivity contribution < 1.29 is 9.59 Å². The van der Waals surface area contributed by atoms with Gasteiger partial charge in [0.25, 0.3) is 5.91 Å². The first-order valence-electron chi connectivity index (χ1n) is 10.9. The number of nitrogens with zero attached hydrogens (tertiary/aromatic N) is 3. The Hall–Kier alpha value is -3.05. The number of carbonyl (C=O) groups excluding carboxylic acids is 2. The predicted molar refractivity (Wildman–Crippen MR) is 124 cm³/mol. The highest BCUT2D eigenvalue weighted by Crippen LogP contribution is 2.39. The van der Waals surface area contributed by atoms with Crippen LogP contribution in [0, 0.1) is 17.2 Å².